The van der Waals surface area contributed by atoms with E-state index in [2.05, 4.69) is 49.5 Å². The molecule has 3 fully saturated rings. The predicted octanol–water partition coefficient (Wildman–Crippen LogP) is 5.79. The molecule has 0 radical (unpaired) electrons. The van der Waals surface area contributed by atoms with Crippen LogP contribution in [0.25, 0.3) is 0 Å². The van der Waals surface area contributed by atoms with Gasteiger partial charge in [0, 0.05) is 17.3 Å². The molecule has 0 heterocycles. The minimum Gasteiger partial charge on any atom is -0.353 e. The number of nitrogens with two attached hydrogens (primary N) is 1. The largest absolute Gasteiger partial charge is 0.353 e. The minimum absolute atomic E-state index is 0.0759. The van der Waals surface area contributed by atoms with Gasteiger partial charge < -0.3 is 11.1 Å². The normalized spacial score (nSPS) is 40.3. The molecule has 3 saturated carbocycles. The molecule has 3 nitrogen and oxygen atoms in total. The van der Waals surface area contributed by atoms with Crippen molar-refractivity contribution >= 4 is 17.5 Å². The van der Waals surface area contributed by atoms with Crippen LogP contribution >= 0.6 is 11.6 Å². The van der Waals surface area contributed by atoms with Crippen molar-refractivity contribution in [3.05, 3.63) is 35.9 Å². The summed E-state index contributed by atoms with van der Waals surface area (Å²) in [5.41, 5.74) is 7.32. The van der Waals surface area contributed by atoms with Gasteiger partial charge in [0.15, 0.2) is 0 Å². The number of fused-ring (bicyclic) bond motifs is 2. The van der Waals surface area contributed by atoms with Crippen molar-refractivity contribution in [2.75, 3.05) is 12.4 Å². The number of amides is 1. The third kappa shape index (κ3) is 4.83. The fourth-order valence-corrected chi connectivity index (χ4v) is 8.08. The average molecular weight is 445 g/mol. The lowest BCUT2D eigenvalue weighted by atomic mass is 9.47. The quantitative estimate of drug-likeness (QED) is 0.545. The molecule has 3 aliphatic rings. The number of hydrogen-bond donors (Lipinski definition) is 2. The number of benzene rings is 1. The van der Waals surface area contributed by atoms with Gasteiger partial charge >= 0.3 is 0 Å². The second kappa shape index (κ2) is 9.06. The van der Waals surface area contributed by atoms with Gasteiger partial charge in [0.2, 0.25) is 5.91 Å². The molecule has 2 bridgehead atoms. The SMILES string of the molecule is CC1(C(=O)NC2CCC(CN)CC2)CC2CC(c3ccccc3)(C1)C[C@@](C)(CCCl)C2. The summed E-state index contributed by atoms with van der Waals surface area (Å²) < 4.78 is 0. The van der Waals surface area contributed by atoms with Gasteiger partial charge in [0.05, 0.1) is 0 Å². The Morgan fingerprint density at radius 1 is 1.06 bits per heavy atom. The molecule has 3 N–H and O–H groups in total. The van der Waals surface area contributed by atoms with Crippen molar-refractivity contribution in [2.45, 2.75) is 89.5 Å². The highest BCUT2D eigenvalue weighted by Gasteiger charge is 2.56. The molecule has 0 aromatic heterocycles. The van der Waals surface area contributed by atoms with Gasteiger partial charge in [-0.25, -0.2) is 0 Å². The van der Waals surface area contributed by atoms with Crippen LogP contribution in [-0.2, 0) is 10.2 Å². The zero-order chi connectivity index (χ0) is 22.1. The third-order valence-electron chi connectivity index (χ3n) is 8.84. The Bertz CT molecular complexity index is 762. The van der Waals surface area contributed by atoms with Crippen molar-refractivity contribution in [3.63, 3.8) is 0 Å². The number of rotatable bonds is 6. The molecule has 0 aliphatic heterocycles. The van der Waals surface area contributed by atoms with Crippen LogP contribution in [-0.4, -0.2) is 24.4 Å². The van der Waals surface area contributed by atoms with Gasteiger partial charge in [-0.05, 0) is 99.0 Å². The molecule has 4 atom stereocenters. The molecule has 31 heavy (non-hydrogen) atoms. The van der Waals surface area contributed by atoms with E-state index in [1.165, 1.54) is 18.4 Å². The lowest BCUT2D eigenvalue weighted by Crippen LogP contribution is -2.55. The number of carbonyl (C=O) groups excluding carboxylic acids is 1. The zero-order valence-electron chi connectivity index (χ0n) is 19.5. The maximum Gasteiger partial charge on any atom is 0.226 e. The first kappa shape index (κ1) is 23.1. The first-order chi connectivity index (χ1) is 14.8. The number of carbonyl (C=O) groups is 1. The molecule has 3 unspecified atom stereocenters. The first-order valence-corrected chi connectivity index (χ1v) is 13.0. The van der Waals surface area contributed by atoms with Crippen LogP contribution in [0, 0.1) is 22.7 Å². The Hall–Kier alpha value is -1.06. The van der Waals surface area contributed by atoms with E-state index < -0.39 is 0 Å². The van der Waals surface area contributed by atoms with E-state index in [-0.39, 0.29) is 22.2 Å². The van der Waals surface area contributed by atoms with Crippen LogP contribution in [0.3, 0.4) is 0 Å². The third-order valence-corrected chi connectivity index (χ3v) is 9.03. The Morgan fingerprint density at radius 2 is 1.77 bits per heavy atom. The van der Waals surface area contributed by atoms with Crippen molar-refractivity contribution < 1.29 is 4.79 Å². The van der Waals surface area contributed by atoms with Gasteiger partial charge in [0.1, 0.15) is 0 Å². The van der Waals surface area contributed by atoms with Gasteiger partial charge in [0.25, 0.3) is 0 Å². The second-order valence-corrected chi connectivity index (χ2v) is 12.1. The summed E-state index contributed by atoms with van der Waals surface area (Å²) in [5, 5.41) is 3.48. The van der Waals surface area contributed by atoms with Gasteiger partial charge in [-0.2, -0.15) is 0 Å². The Kier molecular flexibility index (Phi) is 6.75. The van der Waals surface area contributed by atoms with Crippen LogP contribution in [0.5, 0.6) is 0 Å². The predicted molar refractivity (Wildman–Crippen MR) is 129 cm³/mol. The second-order valence-electron chi connectivity index (χ2n) is 11.7. The Labute approximate surface area is 193 Å². The fourth-order valence-electron chi connectivity index (χ4n) is 7.63. The summed E-state index contributed by atoms with van der Waals surface area (Å²) in [6.07, 6.45) is 11.0. The smallest absolute Gasteiger partial charge is 0.226 e. The average Bonchev–Trinajstić information content (AvgIpc) is 2.74. The maximum absolute atomic E-state index is 13.7. The highest BCUT2D eigenvalue weighted by Crippen LogP contribution is 2.62. The highest BCUT2D eigenvalue weighted by molar-refractivity contribution is 6.17. The molecular weight excluding hydrogens is 404 g/mol. The number of halogens is 1. The lowest BCUT2D eigenvalue weighted by Gasteiger charge is -2.58. The summed E-state index contributed by atoms with van der Waals surface area (Å²) in [6, 6.07) is 11.3. The maximum atomic E-state index is 13.7. The molecule has 1 amide bonds. The molecule has 0 spiro atoms. The Balaban J connectivity index is 1.56. The minimum atomic E-state index is -0.300. The van der Waals surface area contributed by atoms with Crippen LogP contribution in [0.4, 0.5) is 0 Å². The van der Waals surface area contributed by atoms with Crippen molar-refractivity contribution in [2.24, 2.45) is 28.4 Å². The number of hydrogen-bond acceptors (Lipinski definition) is 2. The van der Waals surface area contributed by atoms with Crippen molar-refractivity contribution in [1.29, 1.82) is 0 Å². The van der Waals surface area contributed by atoms with E-state index in [0.717, 1.165) is 63.8 Å². The summed E-state index contributed by atoms with van der Waals surface area (Å²) in [6.45, 7) is 5.44. The van der Waals surface area contributed by atoms with Crippen molar-refractivity contribution in [3.8, 4) is 0 Å². The van der Waals surface area contributed by atoms with E-state index in [9.17, 15) is 4.79 Å². The topological polar surface area (TPSA) is 55.1 Å². The zero-order valence-corrected chi connectivity index (χ0v) is 20.2. The van der Waals surface area contributed by atoms with Gasteiger partial charge in [-0.15, -0.1) is 11.6 Å². The van der Waals surface area contributed by atoms with Crippen LogP contribution < -0.4 is 11.1 Å². The molecule has 4 rings (SSSR count). The molecule has 1 aromatic carbocycles. The lowest BCUT2D eigenvalue weighted by molar-refractivity contribution is -0.139. The molecule has 1 aromatic rings. The highest BCUT2D eigenvalue weighted by atomic mass is 35.5. The molecule has 4 heteroatoms. The van der Waals surface area contributed by atoms with Crippen LogP contribution in [0.15, 0.2) is 30.3 Å². The van der Waals surface area contributed by atoms with Crippen LogP contribution in [0.1, 0.15) is 83.6 Å². The van der Waals surface area contributed by atoms with E-state index in [0.29, 0.717) is 17.9 Å². The number of nitrogens with one attached hydrogen (secondary N) is 1. The van der Waals surface area contributed by atoms with Gasteiger partial charge in [-0.1, -0.05) is 44.2 Å². The van der Waals surface area contributed by atoms with E-state index in [1.54, 1.807) is 0 Å². The van der Waals surface area contributed by atoms with E-state index in [1.807, 2.05) is 0 Å². The summed E-state index contributed by atoms with van der Waals surface area (Å²) in [5.74, 6) is 2.23. The summed E-state index contributed by atoms with van der Waals surface area (Å²) in [7, 11) is 0. The Morgan fingerprint density at radius 3 is 2.42 bits per heavy atom. The summed E-state index contributed by atoms with van der Waals surface area (Å²) >= 11 is 6.24. The molecular formula is C27H41ClN2O. The first-order valence-electron chi connectivity index (χ1n) is 12.4. The van der Waals surface area contributed by atoms with Crippen LogP contribution in [0.2, 0.25) is 0 Å². The molecule has 172 valence electrons. The number of alkyl halides is 1. The standard InChI is InChI=1S/C27H41ClN2O/c1-25(12-13-28)14-21-15-26(2,24(31)30-23-10-8-20(17-29)9-11-23)19-27(16-21,18-25)22-6-4-3-5-7-22/h3-7,20-21,23H,8-19,29H2,1-2H3,(H,30,31)/t20?,21?,23?,25-,26?,27?/m0/s1. The van der Waals surface area contributed by atoms with E-state index >= 15 is 0 Å². The fraction of sp³-hybridized carbons (Fsp3) is 0.741. The van der Waals surface area contributed by atoms with Gasteiger partial charge in [-0.3, -0.25) is 4.79 Å². The molecule has 0 saturated heterocycles. The van der Waals surface area contributed by atoms with Crippen molar-refractivity contribution in [1.82, 2.24) is 5.32 Å². The monoisotopic (exact) mass is 444 g/mol. The summed E-state index contributed by atoms with van der Waals surface area (Å²) in [4.78, 5) is 13.7. The van der Waals surface area contributed by atoms with E-state index in [4.69, 9.17) is 17.3 Å². The molecule has 3 aliphatic carbocycles.